The molecule has 1 amide bonds. The highest BCUT2D eigenvalue weighted by atomic mass is 16.5. The minimum atomic E-state index is -0.673. The third-order valence-electron chi connectivity index (χ3n) is 17.7. The second kappa shape index (κ2) is 72.6. The van der Waals surface area contributed by atoms with Crippen LogP contribution in [0.4, 0.5) is 0 Å². The maximum Gasteiger partial charge on any atom is 0.305 e. The highest BCUT2D eigenvalue weighted by Crippen LogP contribution is 2.19. The average molecular weight is 1170 g/mol. The molecule has 6 nitrogen and oxygen atoms in total. The Labute approximate surface area is 519 Å². The van der Waals surface area contributed by atoms with Gasteiger partial charge in [-0.15, -0.1) is 0 Å². The van der Waals surface area contributed by atoms with Gasteiger partial charge in [0.05, 0.1) is 25.4 Å². The van der Waals surface area contributed by atoms with E-state index in [1.54, 1.807) is 0 Å². The fraction of sp³-hybridized carbons (Fsp3) is 0.896. The van der Waals surface area contributed by atoms with Gasteiger partial charge in [0.2, 0.25) is 5.91 Å². The molecule has 0 saturated heterocycles. The number of aliphatic hydroxyl groups excluding tert-OH is 2. The van der Waals surface area contributed by atoms with Gasteiger partial charge in [0.15, 0.2) is 0 Å². The number of carbonyl (C=O) groups excluding carboxylic acids is 2. The Morgan fingerprint density at radius 1 is 0.337 bits per heavy atom. The summed E-state index contributed by atoms with van der Waals surface area (Å²) in [6.45, 7) is 4.98. The molecule has 0 bridgehead atoms. The lowest BCUT2D eigenvalue weighted by molar-refractivity contribution is -0.143. The second-order valence-corrected chi connectivity index (χ2v) is 26.0. The molecule has 2 atom stereocenters. The maximum atomic E-state index is 12.6. The summed E-state index contributed by atoms with van der Waals surface area (Å²) in [5.41, 5.74) is 0. The molecule has 0 aliphatic heterocycles. The quantitative estimate of drug-likeness (QED) is 0.0320. The van der Waals surface area contributed by atoms with E-state index in [9.17, 15) is 19.8 Å². The summed E-state index contributed by atoms with van der Waals surface area (Å²) in [4.78, 5) is 24.7. The standard InChI is InChI=1S/C77H147NO5/c1-3-5-7-9-11-13-15-17-19-21-23-24-25-26-28-31-34-37-41-45-49-53-57-61-65-69-75(80)74(73-79)78-76(81)70-66-62-58-54-50-46-42-38-35-32-29-27-30-33-36-40-44-48-52-56-60-64-68-72-83-77(82)71-67-63-59-55-51-47-43-39-22-20-18-16-14-12-10-8-6-4-2/h20,22,27,30,32,35,74-75,79-80H,3-19,21,23-26,28-29,31,33-34,36-73H2,1-2H3,(H,78,81)/b22-20-,30-27-,35-32-. The van der Waals surface area contributed by atoms with Crippen LogP contribution in [0.15, 0.2) is 36.5 Å². The zero-order valence-corrected chi connectivity index (χ0v) is 56.2. The normalized spacial score (nSPS) is 12.7. The van der Waals surface area contributed by atoms with E-state index in [2.05, 4.69) is 55.6 Å². The van der Waals surface area contributed by atoms with E-state index in [4.69, 9.17) is 4.74 Å². The van der Waals surface area contributed by atoms with Crippen molar-refractivity contribution in [3.05, 3.63) is 36.5 Å². The van der Waals surface area contributed by atoms with Crippen LogP contribution in [-0.4, -0.2) is 47.4 Å². The third kappa shape index (κ3) is 69.1. The van der Waals surface area contributed by atoms with Gasteiger partial charge in [-0.25, -0.2) is 0 Å². The van der Waals surface area contributed by atoms with Crippen LogP contribution in [0.5, 0.6) is 0 Å². The zero-order valence-electron chi connectivity index (χ0n) is 56.2. The third-order valence-corrected chi connectivity index (χ3v) is 17.7. The number of hydrogen-bond donors (Lipinski definition) is 3. The molecule has 490 valence electrons. The number of amides is 1. The maximum absolute atomic E-state index is 12.6. The summed E-state index contributed by atoms with van der Waals surface area (Å²) in [6.07, 6.45) is 93.5. The topological polar surface area (TPSA) is 95.9 Å². The van der Waals surface area contributed by atoms with Crippen LogP contribution in [0, 0.1) is 0 Å². The Morgan fingerprint density at radius 2 is 0.602 bits per heavy atom. The van der Waals surface area contributed by atoms with Crippen LogP contribution in [0.25, 0.3) is 0 Å². The zero-order chi connectivity index (χ0) is 59.9. The number of hydrogen-bond acceptors (Lipinski definition) is 5. The molecule has 0 spiro atoms. The predicted octanol–water partition coefficient (Wildman–Crippen LogP) is 24.7. The highest BCUT2D eigenvalue weighted by Gasteiger charge is 2.20. The molecule has 6 heteroatoms. The molecule has 3 N–H and O–H groups in total. The molecule has 0 heterocycles. The first-order valence-corrected chi connectivity index (χ1v) is 37.7. The van der Waals surface area contributed by atoms with Crippen molar-refractivity contribution in [2.24, 2.45) is 0 Å². The summed E-state index contributed by atoms with van der Waals surface area (Å²) in [5.74, 6) is -0.0357. The summed E-state index contributed by atoms with van der Waals surface area (Å²) in [6, 6.07) is -0.551. The van der Waals surface area contributed by atoms with Gasteiger partial charge in [-0.05, 0) is 83.5 Å². The van der Waals surface area contributed by atoms with Crippen molar-refractivity contribution in [3.63, 3.8) is 0 Å². The van der Waals surface area contributed by atoms with Crippen molar-refractivity contribution in [2.75, 3.05) is 13.2 Å². The van der Waals surface area contributed by atoms with Gasteiger partial charge in [-0.1, -0.05) is 359 Å². The summed E-state index contributed by atoms with van der Waals surface area (Å²) >= 11 is 0. The van der Waals surface area contributed by atoms with E-state index in [-0.39, 0.29) is 18.5 Å². The Kier molecular flexibility index (Phi) is 70.9. The van der Waals surface area contributed by atoms with E-state index < -0.39 is 12.1 Å². The molecule has 0 aromatic carbocycles. The summed E-state index contributed by atoms with van der Waals surface area (Å²) < 4.78 is 5.50. The molecule has 0 saturated carbocycles. The molecular formula is C77H147NO5. The van der Waals surface area contributed by atoms with Gasteiger partial charge in [0, 0.05) is 12.8 Å². The van der Waals surface area contributed by atoms with Crippen molar-refractivity contribution in [3.8, 4) is 0 Å². The molecule has 0 radical (unpaired) electrons. The highest BCUT2D eigenvalue weighted by molar-refractivity contribution is 5.76. The molecule has 0 aliphatic rings. The van der Waals surface area contributed by atoms with Gasteiger partial charge < -0.3 is 20.3 Å². The van der Waals surface area contributed by atoms with E-state index in [0.717, 1.165) is 57.8 Å². The number of nitrogens with one attached hydrogen (secondary N) is 1. The number of unbranched alkanes of at least 4 members (excludes halogenated alkanes) is 54. The van der Waals surface area contributed by atoms with Crippen molar-refractivity contribution in [1.82, 2.24) is 5.32 Å². The summed E-state index contributed by atoms with van der Waals surface area (Å²) in [7, 11) is 0. The molecule has 0 rings (SSSR count). The van der Waals surface area contributed by atoms with E-state index in [1.807, 2.05) is 0 Å². The lowest BCUT2D eigenvalue weighted by atomic mass is 10.0. The average Bonchev–Trinajstić information content (AvgIpc) is 3.49. The van der Waals surface area contributed by atoms with Crippen LogP contribution in [0.2, 0.25) is 0 Å². The molecule has 0 aromatic rings. The number of rotatable bonds is 71. The molecule has 0 fully saturated rings. The van der Waals surface area contributed by atoms with Crippen LogP contribution < -0.4 is 5.32 Å². The lowest BCUT2D eigenvalue weighted by Crippen LogP contribution is -2.45. The number of aliphatic hydroxyl groups is 2. The first-order chi connectivity index (χ1) is 41.0. The number of esters is 1. The molecular weight excluding hydrogens is 1020 g/mol. The first-order valence-electron chi connectivity index (χ1n) is 37.7. The Morgan fingerprint density at radius 3 is 0.928 bits per heavy atom. The molecule has 2 unspecified atom stereocenters. The van der Waals surface area contributed by atoms with Crippen molar-refractivity contribution < 1.29 is 24.5 Å². The number of ether oxygens (including phenoxy) is 1. The second-order valence-electron chi connectivity index (χ2n) is 26.0. The van der Waals surface area contributed by atoms with E-state index in [0.29, 0.717) is 25.9 Å². The minimum absolute atomic E-state index is 0.00510. The Bertz CT molecular complexity index is 1340. The monoisotopic (exact) mass is 1170 g/mol. The number of allylic oxidation sites excluding steroid dienone is 6. The van der Waals surface area contributed by atoms with Gasteiger partial charge in [0.1, 0.15) is 0 Å². The smallest absolute Gasteiger partial charge is 0.305 e. The first kappa shape index (κ1) is 81.1. The minimum Gasteiger partial charge on any atom is -0.466 e. The van der Waals surface area contributed by atoms with Crippen LogP contribution in [0.3, 0.4) is 0 Å². The van der Waals surface area contributed by atoms with Crippen molar-refractivity contribution in [1.29, 1.82) is 0 Å². The fourth-order valence-electron chi connectivity index (χ4n) is 11.9. The fourth-order valence-corrected chi connectivity index (χ4v) is 11.9. The summed E-state index contributed by atoms with van der Waals surface area (Å²) in [5, 5.41) is 23.5. The van der Waals surface area contributed by atoms with Crippen LogP contribution >= 0.6 is 0 Å². The Hall–Kier alpha value is -1.92. The van der Waals surface area contributed by atoms with Gasteiger partial charge in [-0.3, -0.25) is 9.59 Å². The molecule has 0 aromatic heterocycles. The van der Waals surface area contributed by atoms with Gasteiger partial charge >= 0.3 is 5.97 Å². The lowest BCUT2D eigenvalue weighted by Gasteiger charge is -2.22. The Balaban J connectivity index is 3.43. The SMILES string of the molecule is CCCCCCCCC/C=C\CCCCCCCCCC(=O)OCCCCCCCCCCC/C=C\C/C=C\CCCCCCCCCC(=O)NC(CO)C(O)CCCCCCCCCCCCCCCCCCCCCCCCCCC. The van der Waals surface area contributed by atoms with Gasteiger partial charge in [-0.2, -0.15) is 0 Å². The molecule has 0 aliphatic carbocycles. The van der Waals surface area contributed by atoms with E-state index >= 15 is 0 Å². The van der Waals surface area contributed by atoms with Crippen LogP contribution in [0.1, 0.15) is 418 Å². The number of carbonyl (C=O) groups is 2. The largest absolute Gasteiger partial charge is 0.466 e. The van der Waals surface area contributed by atoms with E-state index in [1.165, 1.54) is 327 Å². The predicted molar refractivity (Wildman–Crippen MR) is 366 cm³/mol. The van der Waals surface area contributed by atoms with Crippen molar-refractivity contribution >= 4 is 11.9 Å². The molecule has 83 heavy (non-hydrogen) atoms. The van der Waals surface area contributed by atoms with Crippen molar-refractivity contribution in [2.45, 2.75) is 431 Å². The van der Waals surface area contributed by atoms with Gasteiger partial charge in [0.25, 0.3) is 0 Å². The van der Waals surface area contributed by atoms with Crippen LogP contribution in [-0.2, 0) is 14.3 Å².